The van der Waals surface area contributed by atoms with Crippen molar-refractivity contribution in [3.63, 3.8) is 0 Å². The Morgan fingerprint density at radius 3 is 2.52 bits per heavy atom. The van der Waals surface area contributed by atoms with Crippen LogP contribution in [-0.4, -0.2) is 52.2 Å². The van der Waals surface area contributed by atoms with Crippen molar-refractivity contribution in [2.24, 2.45) is 0 Å². The Kier molecular flexibility index (Phi) is 4.30. The highest BCUT2D eigenvalue weighted by Crippen LogP contribution is 2.37. The molecule has 0 atom stereocenters. The van der Waals surface area contributed by atoms with Crippen molar-refractivity contribution in [1.29, 1.82) is 0 Å². The monoisotopic (exact) mass is 366 g/mol. The van der Waals surface area contributed by atoms with Gasteiger partial charge in [0, 0.05) is 42.5 Å². The summed E-state index contributed by atoms with van der Waals surface area (Å²) in [5, 5.41) is 0. The van der Waals surface area contributed by atoms with Crippen molar-refractivity contribution >= 4 is 11.6 Å². The van der Waals surface area contributed by atoms with E-state index >= 15 is 0 Å². The fourth-order valence-electron chi connectivity index (χ4n) is 4.58. The number of ether oxygens (including phenoxy) is 1. The van der Waals surface area contributed by atoms with E-state index in [4.69, 9.17) is 4.74 Å². The number of hydrogen-bond donors (Lipinski definition) is 0. The van der Waals surface area contributed by atoms with Gasteiger partial charge in [0.05, 0.1) is 7.11 Å². The number of aryl methyl sites for hydroxylation is 1. The lowest BCUT2D eigenvalue weighted by Gasteiger charge is -2.40. The molecule has 27 heavy (non-hydrogen) atoms. The Hall–Kier alpha value is -2.44. The Labute approximate surface area is 159 Å². The van der Waals surface area contributed by atoms with Crippen LogP contribution in [0.5, 0.6) is 5.88 Å². The summed E-state index contributed by atoms with van der Waals surface area (Å²) in [4.78, 5) is 22.8. The molecule has 0 amide bonds. The normalized spacial score (nSPS) is 19.8. The van der Waals surface area contributed by atoms with Crippen LogP contribution in [0, 0.1) is 0 Å². The van der Waals surface area contributed by atoms with Gasteiger partial charge < -0.3 is 14.5 Å². The lowest BCUT2D eigenvalue weighted by atomic mass is 10.0. The first-order valence-electron chi connectivity index (χ1n) is 10.1. The molecular weight excluding hydrogens is 340 g/mol. The van der Waals surface area contributed by atoms with Gasteiger partial charge in [-0.2, -0.15) is 0 Å². The van der Waals surface area contributed by atoms with Crippen LogP contribution < -0.4 is 14.5 Å². The second kappa shape index (κ2) is 6.94. The van der Waals surface area contributed by atoms with Gasteiger partial charge >= 0.3 is 0 Å². The summed E-state index contributed by atoms with van der Waals surface area (Å²) >= 11 is 0. The van der Waals surface area contributed by atoms with Gasteiger partial charge in [-0.05, 0) is 44.9 Å². The third kappa shape index (κ3) is 3.19. The molecule has 7 heteroatoms. The van der Waals surface area contributed by atoms with Crippen molar-refractivity contribution in [2.75, 3.05) is 30.0 Å². The first-order chi connectivity index (χ1) is 13.3. The van der Waals surface area contributed by atoms with Gasteiger partial charge in [0.15, 0.2) is 0 Å². The molecule has 1 saturated carbocycles. The Morgan fingerprint density at radius 2 is 1.74 bits per heavy atom. The maximum absolute atomic E-state index is 5.31. The number of methoxy groups -OCH3 is 1. The Bertz CT molecular complexity index is 816. The van der Waals surface area contributed by atoms with E-state index in [1.807, 2.05) is 6.07 Å². The molecule has 0 N–H and O–H groups in total. The quantitative estimate of drug-likeness (QED) is 0.805. The summed E-state index contributed by atoms with van der Waals surface area (Å²) in [5.41, 5.74) is 2.64. The molecule has 1 aliphatic heterocycles. The van der Waals surface area contributed by atoms with Crippen molar-refractivity contribution in [1.82, 2.24) is 19.9 Å². The Morgan fingerprint density at radius 1 is 0.963 bits per heavy atom. The van der Waals surface area contributed by atoms with Gasteiger partial charge in [-0.3, -0.25) is 0 Å². The summed E-state index contributed by atoms with van der Waals surface area (Å²) in [7, 11) is 1.66. The smallest absolute Gasteiger partial charge is 0.218 e. The fraction of sp³-hybridized carbons (Fsp3) is 0.600. The van der Waals surface area contributed by atoms with E-state index in [-0.39, 0.29) is 0 Å². The summed E-state index contributed by atoms with van der Waals surface area (Å²) in [6, 6.07) is 3.11. The number of anilines is 2. The summed E-state index contributed by atoms with van der Waals surface area (Å²) in [6.07, 6.45) is 11.6. The van der Waals surface area contributed by atoms with Crippen LogP contribution in [0.15, 0.2) is 18.7 Å². The minimum absolute atomic E-state index is 0.517. The molecule has 2 aliphatic carbocycles. The van der Waals surface area contributed by atoms with Crippen LogP contribution in [0.3, 0.4) is 0 Å². The zero-order valence-electron chi connectivity index (χ0n) is 15.8. The molecule has 2 fully saturated rings. The molecule has 0 aromatic carbocycles. The van der Waals surface area contributed by atoms with Crippen molar-refractivity contribution in [2.45, 2.75) is 57.0 Å². The molecular formula is C20H26N6O. The van der Waals surface area contributed by atoms with E-state index in [0.29, 0.717) is 18.0 Å². The molecule has 2 aromatic heterocycles. The minimum Gasteiger partial charge on any atom is -0.481 e. The van der Waals surface area contributed by atoms with Gasteiger partial charge in [0.2, 0.25) is 5.88 Å². The molecule has 2 aromatic rings. The number of fused-ring (bicyclic) bond motifs is 1. The van der Waals surface area contributed by atoms with Crippen LogP contribution >= 0.6 is 0 Å². The van der Waals surface area contributed by atoms with Crippen molar-refractivity contribution in [3.05, 3.63) is 30.0 Å². The number of nitrogens with zero attached hydrogens (tertiary/aromatic N) is 6. The second-order valence-corrected chi connectivity index (χ2v) is 7.75. The molecule has 142 valence electrons. The van der Waals surface area contributed by atoms with Crippen LogP contribution in [0.25, 0.3) is 0 Å². The zero-order chi connectivity index (χ0) is 18.2. The van der Waals surface area contributed by atoms with Gasteiger partial charge in [-0.1, -0.05) is 0 Å². The first-order valence-corrected chi connectivity index (χ1v) is 10.1. The van der Waals surface area contributed by atoms with Crippen LogP contribution in [0.4, 0.5) is 11.6 Å². The fourth-order valence-corrected chi connectivity index (χ4v) is 4.58. The second-order valence-electron chi connectivity index (χ2n) is 7.75. The largest absolute Gasteiger partial charge is 0.481 e. The summed E-state index contributed by atoms with van der Waals surface area (Å²) in [5.74, 6) is 2.82. The molecule has 0 unspecified atom stereocenters. The summed E-state index contributed by atoms with van der Waals surface area (Å²) < 4.78 is 5.31. The van der Waals surface area contributed by atoms with E-state index in [9.17, 15) is 0 Å². The molecule has 7 nitrogen and oxygen atoms in total. The lowest BCUT2D eigenvalue weighted by molar-refractivity contribution is 0.395. The van der Waals surface area contributed by atoms with Crippen LogP contribution in [0.2, 0.25) is 0 Å². The first kappa shape index (κ1) is 16.7. The number of hydrogen-bond acceptors (Lipinski definition) is 7. The van der Waals surface area contributed by atoms with E-state index in [1.165, 1.54) is 36.3 Å². The standard InChI is InChI=1S/C20H26N6O/c1-27-19-11-18(22-13-23-19)26(14-5-6-14)15-7-9-25(10-8-15)20-16-3-2-4-17(16)21-12-24-20/h11-15H,2-10H2,1H3. The highest BCUT2D eigenvalue weighted by atomic mass is 16.5. The topological polar surface area (TPSA) is 67.3 Å². The average molecular weight is 366 g/mol. The molecule has 3 heterocycles. The van der Waals surface area contributed by atoms with Crippen molar-refractivity contribution in [3.8, 4) is 5.88 Å². The van der Waals surface area contributed by atoms with Gasteiger partial charge in [-0.25, -0.2) is 19.9 Å². The molecule has 1 saturated heterocycles. The highest BCUT2D eigenvalue weighted by molar-refractivity contribution is 5.51. The van der Waals surface area contributed by atoms with E-state index in [2.05, 4.69) is 29.7 Å². The minimum atomic E-state index is 0.517. The van der Waals surface area contributed by atoms with Gasteiger partial charge in [0.1, 0.15) is 24.3 Å². The maximum atomic E-state index is 5.31. The van der Waals surface area contributed by atoms with Crippen LogP contribution in [-0.2, 0) is 12.8 Å². The third-order valence-corrected chi connectivity index (χ3v) is 6.05. The zero-order valence-corrected chi connectivity index (χ0v) is 15.8. The number of rotatable bonds is 5. The van der Waals surface area contributed by atoms with Crippen molar-refractivity contribution < 1.29 is 4.74 Å². The molecule has 0 bridgehead atoms. The molecule has 3 aliphatic rings. The Balaban J connectivity index is 1.32. The molecule has 0 radical (unpaired) electrons. The van der Waals surface area contributed by atoms with E-state index < -0.39 is 0 Å². The van der Waals surface area contributed by atoms with Gasteiger partial charge in [-0.15, -0.1) is 0 Å². The summed E-state index contributed by atoms with van der Waals surface area (Å²) in [6.45, 7) is 2.08. The van der Waals surface area contributed by atoms with Crippen LogP contribution in [0.1, 0.15) is 43.4 Å². The maximum Gasteiger partial charge on any atom is 0.218 e. The lowest BCUT2D eigenvalue weighted by Crippen LogP contribution is -2.47. The van der Waals surface area contributed by atoms with E-state index in [0.717, 1.165) is 44.6 Å². The van der Waals surface area contributed by atoms with Gasteiger partial charge in [0.25, 0.3) is 0 Å². The SMILES string of the molecule is COc1cc(N(C2CC2)C2CCN(c3ncnc4c3CCC4)CC2)ncn1. The average Bonchev–Trinajstić information content (AvgIpc) is 3.43. The predicted octanol–water partition coefficient (Wildman–Crippen LogP) is 2.40. The van der Waals surface area contributed by atoms with E-state index in [1.54, 1.807) is 19.8 Å². The molecule has 0 spiro atoms. The number of aromatic nitrogens is 4. The molecule has 5 rings (SSSR count). The highest BCUT2D eigenvalue weighted by Gasteiger charge is 2.37. The predicted molar refractivity (Wildman–Crippen MR) is 103 cm³/mol. The third-order valence-electron chi connectivity index (χ3n) is 6.05. The number of piperidine rings is 1.